The molecule has 0 fully saturated rings. The van der Waals surface area contributed by atoms with E-state index in [1.807, 2.05) is 0 Å². The Balaban J connectivity index is 3.04. The maximum absolute atomic E-state index is 9.44. The minimum absolute atomic E-state index is 0.303. The van der Waals surface area contributed by atoms with Crippen molar-refractivity contribution in [2.24, 2.45) is 0 Å². The van der Waals surface area contributed by atoms with Crippen LogP contribution >= 0.6 is 0 Å². The summed E-state index contributed by atoms with van der Waals surface area (Å²) >= 11 is 0. The van der Waals surface area contributed by atoms with Crippen molar-refractivity contribution in [1.82, 2.24) is 5.16 Å². The van der Waals surface area contributed by atoms with Crippen LogP contribution in [0, 0.1) is 19.3 Å². The summed E-state index contributed by atoms with van der Waals surface area (Å²) < 4.78 is 4.78. The van der Waals surface area contributed by atoms with Gasteiger partial charge in [0.1, 0.15) is 0 Å². The zero-order valence-electron chi connectivity index (χ0n) is 6.46. The number of terminal acetylenes is 1. The molecule has 0 bridgehead atoms. The second kappa shape index (κ2) is 2.40. The zero-order chi connectivity index (χ0) is 8.48. The lowest BCUT2D eigenvalue weighted by atomic mass is 10.1. The summed E-state index contributed by atoms with van der Waals surface area (Å²) in [7, 11) is 0. The topological polar surface area (TPSA) is 46.3 Å². The fourth-order valence-corrected chi connectivity index (χ4v) is 0.664. The monoisotopic (exact) mass is 151 g/mol. The second-order valence-electron chi connectivity index (χ2n) is 2.55. The molecule has 1 aromatic rings. The molecule has 0 unspecified atom stereocenters. The minimum atomic E-state index is -1.35. The number of hydrogen-bond acceptors (Lipinski definition) is 3. The fourth-order valence-electron chi connectivity index (χ4n) is 0.664. The van der Waals surface area contributed by atoms with Gasteiger partial charge in [-0.15, -0.1) is 6.42 Å². The Morgan fingerprint density at radius 3 is 2.82 bits per heavy atom. The first-order valence-corrected chi connectivity index (χ1v) is 3.20. The second-order valence-corrected chi connectivity index (χ2v) is 2.55. The molecule has 3 heteroatoms. The van der Waals surface area contributed by atoms with Crippen LogP contribution in [-0.4, -0.2) is 10.3 Å². The van der Waals surface area contributed by atoms with Crippen molar-refractivity contribution >= 4 is 0 Å². The third-order valence-electron chi connectivity index (χ3n) is 1.39. The molecule has 1 aromatic heterocycles. The van der Waals surface area contributed by atoms with Crippen LogP contribution in [0.5, 0.6) is 0 Å². The third-order valence-corrected chi connectivity index (χ3v) is 1.39. The van der Waals surface area contributed by atoms with E-state index in [9.17, 15) is 5.11 Å². The normalized spacial score (nSPS) is 15.5. The van der Waals surface area contributed by atoms with Crippen molar-refractivity contribution < 1.29 is 9.63 Å². The Kier molecular flexibility index (Phi) is 1.71. The highest BCUT2D eigenvalue weighted by Crippen LogP contribution is 2.19. The molecule has 0 amide bonds. The smallest absolute Gasteiger partial charge is 0.183 e. The Morgan fingerprint density at radius 1 is 1.82 bits per heavy atom. The molecular formula is C8H9NO2. The van der Waals surface area contributed by atoms with Gasteiger partial charge in [-0.25, -0.2) is 0 Å². The molecule has 0 saturated carbocycles. The number of aliphatic hydroxyl groups is 1. The fraction of sp³-hybridized carbons (Fsp3) is 0.375. The summed E-state index contributed by atoms with van der Waals surface area (Å²) in [4.78, 5) is 0. The van der Waals surface area contributed by atoms with Gasteiger partial charge in [0.25, 0.3) is 0 Å². The SMILES string of the molecule is C#C[C@@](C)(O)c1cc(C)no1. The van der Waals surface area contributed by atoms with Gasteiger partial charge >= 0.3 is 0 Å². The predicted octanol–water partition coefficient (Wildman–Crippen LogP) is 0.824. The maximum Gasteiger partial charge on any atom is 0.183 e. The first kappa shape index (κ1) is 7.83. The van der Waals surface area contributed by atoms with Crippen LogP contribution in [-0.2, 0) is 5.60 Å². The van der Waals surface area contributed by atoms with Crippen LogP contribution < -0.4 is 0 Å². The van der Waals surface area contributed by atoms with Crippen LogP contribution in [0.4, 0.5) is 0 Å². The van der Waals surface area contributed by atoms with Crippen LogP contribution in [0.3, 0.4) is 0 Å². The van der Waals surface area contributed by atoms with E-state index >= 15 is 0 Å². The molecule has 0 aliphatic heterocycles. The molecule has 1 rings (SSSR count). The van der Waals surface area contributed by atoms with E-state index in [-0.39, 0.29) is 0 Å². The Bertz CT molecular complexity index is 293. The summed E-state index contributed by atoms with van der Waals surface area (Å²) in [5, 5.41) is 13.0. The summed E-state index contributed by atoms with van der Waals surface area (Å²) in [5.74, 6) is 2.50. The molecule has 11 heavy (non-hydrogen) atoms. The quantitative estimate of drug-likeness (QED) is 0.604. The van der Waals surface area contributed by atoms with E-state index in [1.165, 1.54) is 6.92 Å². The van der Waals surface area contributed by atoms with Gasteiger partial charge in [0.2, 0.25) is 0 Å². The lowest BCUT2D eigenvalue weighted by Crippen LogP contribution is -2.16. The van der Waals surface area contributed by atoms with Crippen molar-refractivity contribution in [1.29, 1.82) is 0 Å². The zero-order valence-corrected chi connectivity index (χ0v) is 6.46. The van der Waals surface area contributed by atoms with Gasteiger partial charge in [0, 0.05) is 6.07 Å². The number of nitrogens with zero attached hydrogens (tertiary/aromatic N) is 1. The Labute approximate surface area is 65.0 Å². The van der Waals surface area contributed by atoms with Crippen LogP contribution in [0.2, 0.25) is 0 Å². The molecule has 0 aliphatic rings. The van der Waals surface area contributed by atoms with Crippen molar-refractivity contribution in [3.8, 4) is 12.3 Å². The molecule has 0 aliphatic carbocycles. The Hall–Kier alpha value is -1.27. The third kappa shape index (κ3) is 1.41. The number of hydrogen-bond donors (Lipinski definition) is 1. The first-order valence-electron chi connectivity index (χ1n) is 3.20. The largest absolute Gasteiger partial charge is 0.371 e. The lowest BCUT2D eigenvalue weighted by molar-refractivity contribution is 0.0874. The molecule has 0 radical (unpaired) electrons. The van der Waals surface area contributed by atoms with E-state index in [1.54, 1.807) is 13.0 Å². The predicted molar refractivity (Wildman–Crippen MR) is 39.6 cm³/mol. The average Bonchev–Trinajstić information content (AvgIpc) is 2.36. The molecule has 0 saturated heterocycles. The average molecular weight is 151 g/mol. The van der Waals surface area contributed by atoms with E-state index in [4.69, 9.17) is 10.9 Å². The van der Waals surface area contributed by atoms with Crippen molar-refractivity contribution in [3.63, 3.8) is 0 Å². The standard InChI is InChI=1S/C8H9NO2/c1-4-8(3,10)7-5-6(2)9-11-7/h1,5,10H,2-3H3/t8-/m1/s1. The Morgan fingerprint density at radius 2 is 2.45 bits per heavy atom. The minimum Gasteiger partial charge on any atom is -0.371 e. The molecule has 58 valence electrons. The van der Waals surface area contributed by atoms with Crippen molar-refractivity contribution in [2.75, 3.05) is 0 Å². The van der Waals surface area contributed by atoms with Gasteiger partial charge in [0.15, 0.2) is 11.4 Å². The van der Waals surface area contributed by atoms with Gasteiger partial charge in [0.05, 0.1) is 5.69 Å². The molecule has 0 aromatic carbocycles. The number of rotatable bonds is 1. The molecular weight excluding hydrogens is 142 g/mol. The van der Waals surface area contributed by atoms with Gasteiger partial charge in [-0.1, -0.05) is 11.1 Å². The van der Waals surface area contributed by atoms with Gasteiger partial charge in [-0.05, 0) is 13.8 Å². The van der Waals surface area contributed by atoms with Gasteiger partial charge in [-0.2, -0.15) is 0 Å². The van der Waals surface area contributed by atoms with Crippen molar-refractivity contribution in [2.45, 2.75) is 19.4 Å². The summed E-state index contributed by atoms with van der Waals surface area (Å²) in [6.45, 7) is 3.24. The molecule has 1 atom stereocenters. The van der Waals surface area contributed by atoms with E-state index in [0.717, 1.165) is 0 Å². The maximum atomic E-state index is 9.44. The lowest BCUT2D eigenvalue weighted by Gasteiger charge is -2.09. The van der Waals surface area contributed by atoms with Gasteiger partial charge < -0.3 is 9.63 Å². The summed E-state index contributed by atoms with van der Waals surface area (Å²) in [6, 6.07) is 1.61. The molecule has 3 nitrogen and oxygen atoms in total. The van der Waals surface area contributed by atoms with Crippen LogP contribution in [0.25, 0.3) is 0 Å². The van der Waals surface area contributed by atoms with E-state index in [0.29, 0.717) is 11.5 Å². The highest BCUT2D eigenvalue weighted by Gasteiger charge is 2.24. The highest BCUT2D eigenvalue weighted by atomic mass is 16.5. The van der Waals surface area contributed by atoms with Gasteiger partial charge in [-0.3, -0.25) is 0 Å². The molecule has 1 heterocycles. The highest BCUT2D eigenvalue weighted by molar-refractivity contribution is 5.20. The molecule has 1 N–H and O–H groups in total. The van der Waals surface area contributed by atoms with Crippen LogP contribution in [0.1, 0.15) is 18.4 Å². The van der Waals surface area contributed by atoms with Crippen molar-refractivity contribution in [3.05, 3.63) is 17.5 Å². The number of aromatic nitrogens is 1. The molecule has 0 spiro atoms. The first-order chi connectivity index (χ1) is 5.06. The van der Waals surface area contributed by atoms with E-state index in [2.05, 4.69) is 11.1 Å². The summed E-state index contributed by atoms with van der Waals surface area (Å²) in [6.07, 6.45) is 5.06. The number of aryl methyl sites for hydroxylation is 1. The van der Waals surface area contributed by atoms with E-state index < -0.39 is 5.60 Å². The summed E-state index contributed by atoms with van der Waals surface area (Å²) in [5.41, 5.74) is -0.642. The van der Waals surface area contributed by atoms with Crippen LogP contribution in [0.15, 0.2) is 10.6 Å².